The molecule has 3 saturated heterocycles. The Bertz CT molecular complexity index is 684. The van der Waals surface area contributed by atoms with Gasteiger partial charge in [0.25, 0.3) is 0 Å². The van der Waals surface area contributed by atoms with Gasteiger partial charge in [-0.05, 0) is 39.0 Å². The van der Waals surface area contributed by atoms with Crippen molar-refractivity contribution in [2.45, 2.75) is 90.1 Å². The van der Waals surface area contributed by atoms with Crippen molar-refractivity contribution in [3.05, 3.63) is 0 Å². The van der Waals surface area contributed by atoms with Crippen molar-refractivity contribution >= 4 is 17.7 Å². The molecule has 3 aliphatic heterocycles. The Morgan fingerprint density at radius 3 is 2.53 bits per heavy atom. The largest absolute Gasteiger partial charge is 0.394 e. The predicted molar refractivity (Wildman–Crippen MR) is 111 cm³/mol. The first-order chi connectivity index (χ1) is 14.2. The summed E-state index contributed by atoms with van der Waals surface area (Å²) in [5, 5.41) is 16.0. The first-order valence-corrected chi connectivity index (χ1v) is 11.4. The molecular formula is C22H37N3O5. The van der Waals surface area contributed by atoms with Gasteiger partial charge in [0.2, 0.25) is 17.7 Å². The van der Waals surface area contributed by atoms with Crippen molar-refractivity contribution in [3.63, 3.8) is 0 Å². The smallest absolute Gasteiger partial charge is 0.246 e. The lowest BCUT2D eigenvalue weighted by molar-refractivity contribution is -0.147. The number of rotatable bonds is 9. The van der Waals surface area contributed by atoms with Gasteiger partial charge in [-0.3, -0.25) is 14.4 Å². The summed E-state index contributed by atoms with van der Waals surface area (Å²) >= 11 is 0. The van der Waals surface area contributed by atoms with Crippen LogP contribution in [0.4, 0.5) is 0 Å². The Kier molecular flexibility index (Phi) is 6.77. The van der Waals surface area contributed by atoms with Gasteiger partial charge in [0.1, 0.15) is 11.6 Å². The van der Waals surface area contributed by atoms with E-state index < -0.39 is 29.5 Å². The Morgan fingerprint density at radius 2 is 1.97 bits per heavy atom. The lowest BCUT2D eigenvalue weighted by Crippen LogP contribution is -2.59. The molecule has 0 aliphatic carbocycles. The monoisotopic (exact) mass is 423 g/mol. The third kappa shape index (κ3) is 3.51. The second kappa shape index (κ2) is 8.83. The highest BCUT2D eigenvalue weighted by atomic mass is 16.5. The lowest BCUT2D eigenvalue weighted by atomic mass is 9.70. The SMILES string of the molecule is CCCNC(=O)[C@@H]1[C@@H]2CCC3(O2)C(C(=O)NC(C)C)N([C@@H](CO)[C@@H](C)CC)C(=O)[C@H]13. The maximum atomic E-state index is 13.8. The zero-order valence-electron chi connectivity index (χ0n) is 18.8. The molecular weight excluding hydrogens is 386 g/mol. The molecule has 170 valence electrons. The van der Waals surface area contributed by atoms with Gasteiger partial charge < -0.3 is 25.4 Å². The molecule has 0 aromatic heterocycles. The van der Waals surface area contributed by atoms with E-state index in [0.717, 1.165) is 12.8 Å². The first-order valence-electron chi connectivity index (χ1n) is 11.4. The van der Waals surface area contributed by atoms with Crippen LogP contribution in [0.1, 0.15) is 60.3 Å². The molecule has 0 aromatic carbocycles. The number of hydrogen-bond acceptors (Lipinski definition) is 5. The van der Waals surface area contributed by atoms with Crippen LogP contribution in [0, 0.1) is 17.8 Å². The van der Waals surface area contributed by atoms with E-state index >= 15 is 0 Å². The second-order valence-corrected chi connectivity index (χ2v) is 9.39. The average Bonchev–Trinajstić information content (AvgIpc) is 3.33. The molecule has 2 bridgehead atoms. The fourth-order valence-corrected chi connectivity index (χ4v) is 5.59. The van der Waals surface area contributed by atoms with E-state index in [-0.39, 0.29) is 42.4 Å². The maximum absolute atomic E-state index is 13.8. The number of aliphatic hydroxyl groups excluding tert-OH is 1. The molecule has 3 fully saturated rings. The lowest BCUT2D eigenvalue weighted by Gasteiger charge is -2.39. The summed E-state index contributed by atoms with van der Waals surface area (Å²) < 4.78 is 6.36. The van der Waals surface area contributed by atoms with Gasteiger partial charge in [-0.15, -0.1) is 0 Å². The van der Waals surface area contributed by atoms with E-state index in [2.05, 4.69) is 10.6 Å². The fraction of sp³-hybridized carbons (Fsp3) is 0.864. The summed E-state index contributed by atoms with van der Waals surface area (Å²) in [6, 6.07) is -1.42. The molecule has 2 unspecified atom stereocenters. The van der Waals surface area contributed by atoms with E-state index in [1.807, 2.05) is 34.6 Å². The maximum Gasteiger partial charge on any atom is 0.246 e. The topological polar surface area (TPSA) is 108 Å². The number of nitrogens with one attached hydrogen (secondary N) is 2. The van der Waals surface area contributed by atoms with Crippen molar-refractivity contribution in [1.29, 1.82) is 0 Å². The standard InChI is InChI=1S/C22H37N3O5/c1-6-10-23-19(27)16-15-8-9-22(30-15)17(16)21(29)25(14(11-26)13(5)7-2)18(22)20(28)24-12(3)4/h12-18,26H,6-11H2,1-5H3,(H,23,27)(H,24,28)/t13-,14-,15-,16+,17-,18?,22?/m0/s1. The summed E-state index contributed by atoms with van der Waals surface area (Å²) in [4.78, 5) is 41.6. The van der Waals surface area contributed by atoms with Crippen molar-refractivity contribution in [1.82, 2.24) is 15.5 Å². The van der Waals surface area contributed by atoms with Gasteiger partial charge in [-0.1, -0.05) is 27.2 Å². The normalized spacial score (nSPS) is 34.2. The molecule has 0 radical (unpaired) electrons. The highest BCUT2D eigenvalue weighted by Gasteiger charge is 2.75. The van der Waals surface area contributed by atoms with Crippen molar-refractivity contribution in [3.8, 4) is 0 Å². The summed E-state index contributed by atoms with van der Waals surface area (Å²) in [7, 11) is 0. The number of ether oxygens (including phenoxy) is 1. The van der Waals surface area contributed by atoms with Crippen LogP contribution in [0.25, 0.3) is 0 Å². The van der Waals surface area contributed by atoms with Crippen molar-refractivity contribution in [2.75, 3.05) is 13.2 Å². The van der Waals surface area contributed by atoms with Crippen LogP contribution in [0.2, 0.25) is 0 Å². The molecule has 7 atom stereocenters. The Hall–Kier alpha value is -1.67. The van der Waals surface area contributed by atoms with Gasteiger partial charge in [0.15, 0.2) is 0 Å². The van der Waals surface area contributed by atoms with Gasteiger partial charge >= 0.3 is 0 Å². The van der Waals surface area contributed by atoms with Crippen LogP contribution in [-0.2, 0) is 19.1 Å². The van der Waals surface area contributed by atoms with Crippen LogP contribution in [0.5, 0.6) is 0 Å². The summed E-state index contributed by atoms with van der Waals surface area (Å²) in [6.45, 7) is 10.0. The molecule has 3 aliphatic rings. The first kappa shape index (κ1) is 23.0. The zero-order chi connectivity index (χ0) is 22.2. The van der Waals surface area contributed by atoms with E-state index in [1.54, 1.807) is 4.90 Å². The van der Waals surface area contributed by atoms with E-state index in [1.165, 1.54) is 0 Å². The number of amides is 3. The Balaban J connectivity index is 2.03. The highest BCUT2D eigenvalue weighted by molar-refractivity contribution is 5.99. The number of aliphatic hydroxyl groups is 1. The quantitative estimate of drug-likeness (QED) is 0.509. The predicted octanol–water partition coefficient (Wildman–Crippen LogP) is 0.819. The zero-order valence-corrected chi connectivity index (χ0v) is 18.8. The Morgan fingerprint density at radius 1 is 1.27 bits per heavy atom. The third-order valence-electron chi connectivity index (χ3n) is 7.11. The van der Waals surface area contributed by atoms with Crippen LogP contribution in [-0.4, -0.2) is 70.7 Å². The molecule has 3 amide bonds. The average molecular weight is 424 g/mol. The van der Waals surface area contributed by atoms with Crippen molar-refractivity contribution < 1.29 is 24.2 Å². The summed E-state index contributed by atoms with van der Waals surface area (Å²) in [6.07, 6.45) is 2.44. The van der Waals surface area contributed by atoms with E-state index in [9.17, 15) is 19.5 Å². The minimum Gasteiger partial charge on any atom is -0.394 e. The number of fused-ring (bicyclic) bond motifs is 1. The molecule has 3 rings (SSSR count). The number of carbonyl (C=O) groups excluding carboxylic acids is 3. The van der Waals surface area contributed by atoms with Crippen molar-refractivity contribution in [2.24, 2.45) is 17.8 Å². The van der Waals surface area contributed by atoms with Gasteiger partial charge in [-0.2, -0.15) is 0 Å². The second-order valence-electron chi connectivity index (χ2n) is 9.39. The van der Waals surface area contributed by atoms with Crippen LogP contribution in [0.15, 0.2) is 0 Å². The third-order valence-corrected chi connectivity index (χ3v) is 7.11. The fourth-order valence-electron chi connectivity index (χ4n) is 5.59. The molecule has 30 heavy (non-hydrogen) atoms. The Labute approximate surface area is 179 Å². The molecule has 0 aromatic rings. The van der Waals surface area contributed by atoms with Crippen LogP contribution in [0.3, 0.4) is 0 Å². The molecule has 1 spiro atoms. The molecule has 3 N–H and O–H groups in total. The number of likely N-dealkylation sites (tertiary alicyclic amines) is 1. The number of carbonyl (C=O) groups is 3. The minimum absolute atomic E-state index is 0.00749. The molecule has 8 nitrogen and oxygen atoms in total. The molecule has 0 saturated carbocycles. The number of hydrogen-bond donors (Lipinski definition) is 3. The van der Waals surface area contributed by atoms with Gasteiger partial charge in [0.05, 0.1) is 30.6 Å². The summed E-state index contributed by atoms with van der Waals surface area (Å²) in [5.41, 5.74) is -1.00. The number of nitrogens with zero attached hydrogens (tertiary/aromatic N) is 1. The highest BCUT2D eigenvalue weighted by Crippen LogP contribution is 2.59. The van der Waals surface area contributed by atoms with E-state index in [0.29, 0.717) is 19.4 Å². The minimum atomic E-state index is -1.00. The van der Waals surface area contributed by atoms with E-state index in [4.69, 9.17) is 4.74 Å². The van der Waals surface area contributed by atoms with Crippen LogP contribution >= 0.6 is 0 Å². The molecule has 8 heteroatoms. The van der Waals surface area contributed by atoms with Gasteiger partial charge in [-0.25, -0.2) is 0 Å². The van der Waals surface area contributed by atoms with Crippen LogP contribution < -0.4 is 10.6 Å². The summed E-state index contributed by atoms with van der Waals surface area (Å²) in [5.74, 6) is -1.94. The molecule has 3 heterocycles. The van der Waals surface area contributed by atoms with Gasteiger partial charge in [0, 0.05) is 12.6 Å².